The van der Waals surface area contributed by atoms with Crippen LogP contribution in [0.15, 0.2) is 12.1 Å². The summed E-state index contributed by atoms with van der Waals surface area (Å²) in [5, 5.41) is 0. The Kier molecular flexibility index (Phi) is 4.53. The molecule has 0 amide bonds. The minimum atomic E-state index is 0.193. The van der Waals surface area contributed by atoms with E-state index in [1.165, 1.54) is 5.56 Å². The second-order valence-electron chi connectivity index (χ2n) is 4.43. The molecule has 1 aromatic rings. The van der Waals surface area contributed by atoms with Crippen LogP contribution in [-0.4, -0.2) is 12.4 Å². The number of aldehydes is 1. The van der Waals surface area contributed by atoms with E-state index in [2.05, 4.69) is 26.0 Å². The number of aryl methyl sites for hydroxylation is 3. The largest absolute Gasteiger partial charge is 0.490 e. The fourth-order valence-electron chi connectivity index (χ4n) is 1.83. The van der Waals surface area contributed by atoms with Gasteiger partial charge < -0.3 is 9.53 Å². The Hall–Kier alpha value is -1.31. The number of carbonyl (C=O) groups excluding carboxylic acids is 1. The molecule has 0 fully saturated rings. The predicted octanol–water partition coefficient (Wildman–Crippen LogP) is 3.22. The first-order chi connectivity index (χ1) is 7.54. The Morgan fingerprint density at radius 2 is 1.81 bits per heavy atom. The van der Waals surface area contributed by atoms with Gasteiger partial charge in [-0.15, -0.1) is 0 Å². The van der Waals surface area contributed by atoms with Crippen LogP contribution in [0.25, 0.3) is 0 Å². The van der Waals surface area contributed by atoms with Crippen molar-refractivity contribution in [1.82, 2.24) is 0 Å². The molecule has 0 aliphatic carbocycles. The normalized spacial score (nSPS) is 10.6. The molecule has 0 aromatic heterocycles. The third-order valence-corrected chi connectivity index (χ3v) is 2.42. The molecular weight excluding hydrogens is 200 g/mol. The summed E-state index contributed by atoms with van der Waals surface area (Å²) in [5.41, 5.74) is 3.50. The Morgan fingerprint density at radius 1 is 1.25 bits per heavy atom. The number of hydrogen-bond donors (Lipinski definition) is 0. The summed E-state index contributed by atoms with van der Waals surface area (Å²) in [5.74, 6) is 0.977. The van der Waals surface area contributed by atoms with Crippen molar-refractivity contribution in [2.24, 2.45) is 0 Å². The van der Waals surface area contributed by atoms with E-state index < -0.39 is 0 Å². The molecule has 0 saturated carbocycles. The third-order valence-electron chi connectivity index (χ3n) is 2.42. The van der Waals surface area contributed by atoms with E-state index in [0.29, 0.717) is 6.42 Å². The second kappa shape index (κ2) is 5.69. The molecule has 2 nitrogen and oxygen atoms in total. The van der Waals surface area contributed by atoms with Crippen molar-refractivity contribution >= 4 is 6.29 Å². The molecule has 1 rings (SSSR count). The zero-order valence-corrected chi connectivity index (χ0v) is 10.5. The minimum Gasteiger partial charge on any atom is -0.490 e. The summed E-state index contributed by atoms with van der Waals surface area (Å²) in [6.07, 6.45) is 2.55. The first-order valence-corrected chi connectivity index (χ1v) is 5.75. The van der Waals surface area contributed by atoms with Gasteiger partial charge in [-0.1, -0.05) is 12.1 Å². The SMILES string of the molecule is Cc1cc(CCC=O)cc(C)c1OC(C)C. The molecule has 88 valence electrons. The average Bonchev–Trinajstić information content (AvgIpc) is 2.20. The van der Waals surface area contributed by atoms with Gasteiger partial charge in [-0.2, -0.15) is 0 Å². The summed E-state index contributed by atoms with van der Waals surface area (Å²) in [6.45, 7) is 8.16. The van der Waals surface area contributed by atoms with E-state index in [1.807, 2.05) is 13.8 Å². The van der Waals surface area contributed by atoms with Crippen LogP contribution in [0, 0.1) is 13.8 Å². The molecule has 0 spiro atoms. The lowest BCUT2D eigenvalue weighted by Crippen LogP contribution is -2.08. The van der Waals surface area contributed by atoms with E-state index in [-0.39, 0.29) is 6.10 Å². The number of carbonyl (C=O) groups is 1. The van der Waals surface area contributed by atoms with Crippen LogP contribution in [0.4, 0.5) is 0 Å². The van der Waals surface area contributed by atoms with Gasteiger partial charge in [0.25, 0.3) is 0 Å². The zero-order chi connectivity index (χ0) is 12.1. The van der Waals surface area contributed by atoms with Crippen LogP contribution >= 0.6 is 0 Å². The van der Waals surface area contributed by atoms with Crippen molar-refractivity contribution in [2.75, 3.05) is 0 Å². The highest BCUT2D eigenvalue weighted by atomic mass is 16.5. The highest BCUT2D eigenvalue weighted by Crippen LogP contribution is 2.26. The van der Waals surface area contributed by atoms with Gasteiger partial charge in [0.1, 0.15) is 12.0 Å². The molecule has 0 atom stereocenters. The summed E-state index contributed by atoms with van der Waals surface area (Å²) >= 11 is 0. The van der Waals surface area contributed by atoms with Crippen LogP contribution in [0.5, 0.6) is 5.75 Å². The molecule has 0 radical (unpaired) electrons. The molecule has 2 heteroatoms. The van der Waals surface area contributed by atoms with Gasteiger partial charge in [0.05, 0.1) is 6.10 Å². The molecule has 16 heavy (non-hydrogen) atoms. The average molecular weight is 220 g/mol. The number of rotatable bonds is 5. The first kappa shape index (κ1) is 12.8. The van der Waals surface area contributed by atoms with Gasteiger partial charge in [0.15, 0.2) is 0 Å². The smallest absolute Gasteiger partial charge is 0.125 e. The highest BCUT2D eigenvalue weighted by Gasteiger charge is 2.07. The fraction of sp³-hybridized carbons (Fsp3) is 0.500. The van der Waals surface area contributed by atoms with Crippen LogP contribution in [0.2, 0.25) is 0 Å². The van der Waals surface area contributed by atoms with Crippen molar-refractivity contribution in [3.63, 3.8) is 0 Å². The predicted molar refractivity (Wildman–Crippen MR) is 66.1 cm³/mol. The van der Waals surface area contributed by atoms with Gasteiger partial charge in [0, 0.05) is 6.42 Å². The molecule has 0 N–H and O–H groups in total. The standard InChI is InChI=1S/C14H20O2/c1-10(2)16-14-11(3)8-13(6-5-7-15)9-12(14)4/h7-10H,5-6H2,1-4H3. The van der Waals surface area contributed by atoms with Crippen LogP contribution in [0.3, 0.4) is 0 Å². The molecule has 0 bridgehead atoms. The van der Waals surface area contributed by atoms with Crippen molar-refractivity contribution in [3.05, 3.63) is 28.8 Å². The highest BCUT2D eigenvalue weighted by molar-refractivity contribution is 5.51. The third kappa shape index (κ3) is 3.37. The van der Waals surface area contributed by atoms with Gasteiger partial charge >= 0.3 is 0 Å². The topological polar surface area (TPSA) is 26.3 Å². The Morgan fingerprint density at radius 3 is 2.25 bits per heavy atom. The van der Waals surface area contributed by atoms with Crippen LogP contribution < -0.4 is 4.74 Å². The van der Waals surface area contributed by atoms with Gasteiger partial charge in [-0.3, -0.25) is 0 Å². The molecule has 0 unspecified atom stereocenters. The van der Waals surface area contributed by atoms with Gasteiger partial charge in [-0.05, 0) is 50.8 Å². The molecule has 0 aliphatic rings. The number of hydrogen-bond acceptors (Lipinski definition) is 2. The number of benzene rings is 1. The van der Waals surface area contributed by atoms with E-state index >= 15 is 0 Å². The number of ether oxygens (including phenoxy) is 1. The Balaban J connectivity index is 2.93. The maximum Gasteiger partial charge on any atom is 0.125 e. The fourth-order valence-corrected chi connectivity index (χ4v) is 1.83. The van der Waals surface area contributed by atoms with Crippen LogP contribution in [0.1, 0.15) is 37.0 Å². The van der Waals surface area contributed by atoms with E-state index in [1.54, 1.807) is 0 Å². The quantitative estimate of drug-likeness (QED) is 0.712. The first-order valence-electron chi connectivity index (χ1n) is 5.75. The van der Waals surface area contributed by atoms with Crippen LogP contribution in [-0.2, 0) is 11.2 Å². The van der Waals surface area contributed by atoms with Gasteiger partial charge in [-0.25, -0.2) is 0 Å². The molecular formula is C14H20O2. The maximum atomic E-state index is 10.3. The van der Waals surface area contributed by atoms with E-state index in [0.717, 1.165) is 29.6 Å². The maximum absolute atomic E-state index is 10.3. The summed E-state index contributed by atoms with van der Waals surface area (Å²) in [7, 11) is 0. The van der Waals surface area contributed by atoms with E-state index in [9.17, 15) is 4.79 Å². The Labute approximate surface area is 97.6 Å². The lowest BCUT2D eigenvalue weighted by atomic mass is 10.0. The van der Waals surface area contributed by atoms with Gasteiger partial charge in [0.2, 0.25) is 0 Å². The lowest BCUT2D eigenvalue weighted by molar-refractivity contribution is -0.107. The van der Waals surface area contributed by atoms with Crippen molar-refractivity contribution in [1.29, 1.82) is 0 Å². The minimum absolute atomic E-state index is 0.193. The molecule has 0 saturated heterocycles. The van der Waals surface area contributed by atoms with Crippen molar-refractivity contribution in [3.8, 4) is 5.75 Å². The van der Waals surface area contributed by atoms with Crippen molar-refractivity contribution < 1.29 is 9.53 Å². The second-order valence-corrected chi connectivity index (χ2v) is 4.43. The molecule has 0 heterocycles. The van der Waals surface area contributed by atoms with E-state index in [4.69, 9.17) is 4.74 Å². The monoisotopic (exact) mass is 220 g/mol. The lowest BCUT2D eigenvalue weighted by Gasteiger charge is -2.16. The summed E-state index contributed by atoms with van der Waals surface area (Å²) in [6, 6.07) is 4.21. The molecule has 1 aromatic carbocycles. The Bertz CT molecular complexity index is 344. The van der Waals surface area contributed by atoms with Crippen molar-refractivity contribution in [2.45, 2.75) is 46.6 Å². The summed E-state index contributed by atoms with van der Waals surface area (Å²) in [4.78, 5) is 10.3. The molecule has 0 aliphatic heterocycles. The zero-order valence-electron chi connectivity index (χ0n) is 10.5. The summed E-state index contributed by atoms with van der Waals surface area (Å²) < 4.78 is 5.77.